The third-order valence-electron chi connectivity index (χ3n) is 7.70. The lowest BCUT2D eigenvalue weighted by molar-refractivity contribution is -0.125. The number of ether oxygens (including phenoxy) is 1. The molecule has 3 atom stereocenters. The second-order valence-corrected chi connectivity index (χ2v) is 10.5. The van der Waals surface area contributed by atoms with Gasteiger partial charge >= 0.3 is 0 Å². The molecule has 192 valence electrons. The van der Waals surface area contributed by atoms with E-state index >= 15 is 0 Å². The van der Waals surface area contributed by atoms with Crippen LogP contribution >= 0.6 is 0 Å². The summed E-state index contributed by atoms with van der Waals surface area (Å²) in [7, 11) is 1.54. The van der Waals surface area contributed by atoms with Crippen LogP contribution in [0, 0.1) is 11.7 Å². The van der Waals surface area contributed by atoms with Crippen molar-refractivity contribution in [2.75, 3.05) is 20.3 Å². The minimum absolute atomic E-state index is 0.0418. The molecule has 0 radical (unpaired) electrons. The summed E-state index contributed by atoms with van der Waals surface area (Å²) in [5.74, 6) is 0.0838. The average Bonchev–Trinajstić information content (AvgIpc) is 3.09. The Balaban J connectivity index is 1.44. The fraction of sp³-hybridized carbons (Fsp3) is 0.452. The first-order chi connectivity index (χ1) is 17.4. The molecule has 2 saturated heterocycles. The molecule has 2 aromatic carbocycles. The fourth-order valence-corrected chi connectivity index (χ4v) is 6.05. The number of nitrogens with zero attached hydrogens (tertiary/aromatic N) is 1. The largest absolute Gasteiger partial charge is 0.375 e. The molecule has 36 heavy (non-hydrogen) atoms. The number of hydrogen-bond donors (Lipinski definition) is 1. The van der Waals surface area contributed by atoms with Gasteiger partial charge in [-0.2, -0.15) is 0 Å². The van der Waals surface area contributed by atoms with Gasteiger partial charge in [-0.15, -0.1) is 0 Å². The van der Waals surface area contributed by atoms with Crippen molar-refractivity contribution in [2.45, 2.75) is 64.1 Å². The molecule has 0 aliphatic carbocycles. The van der Waals surface area contributed by atoms with Gasteiger partial charge in [-0.1, -0.05) is 60.7 Å². The summed E-state index contributed by atoms with van der Waals surface area (Å²) in [6.45, 7) is 9.47. The van der Waals surface area contributed by atoms with Crippen molar-refractivity contribution >= 4 is 17.6 Å². The zero-order valence-electron chi connectivity index (χ0n) is 21.8. The van der Waals surface area contributed by atoms with Gasteiger partial charge in [0.25, 0.3) is 0 Å². The maximum atomic E-state index is 14.7. The lowest BCUT2D eigenvalue weighted by atomic mass is 9.81. The summed E-state index contributed by atoms with van der Waals surface area (Å²) in [4.78, 5) is 14.9. The minimum atomic E-state index is -0.183. The molecule has 2 fully saturated rings. The second kappa shape index (κ2) is 12.0. The van der Waals surface area contributed by atoms with Crippen LogP contribution in [0.4, 0.5) is 4.39 Å². The lowest BCUT2D eigenvalue weighted by Gasteiger charge is -2.40. The molecule has 4 rings (SSSR count). The molecule has 0 spiro atoms. The number of methoxy groups -OCH3 is 1. The molecule has 2 bridgehead atoms. The number of allylic oxidation sites excluding steroid dienone is 2. The van der Waals surface area contributed by atoms with Crippen LogP contribution in [-0.2, 0) is 9.53 Å². The van der Waals surface area contributed by atoms with E-state index in [1.54, 1.807) is 13.2 Å². The van der Waals surface area contributed by atoms with Crippen molar-refractivity contribution in [2.24, 2.45) is 5.92 Å². The molecule has 1 N–H and O–H groups in total. The predicted molar refractivity (Wildman–Crippen MR) is 145 cm³/mol. The van der Waals surface area contributed by atoms with E-state index in [-0.39, 0.29) is 24.4 Å². The van der Waals surface area contributed by atoms with E-state index in [1.165, 1.54) is 18.9 Å². The number of hydrogen-bond acceptors (Lipinski definition) is 3. The van der Waals surface area contributed by atoms with Gasteiger partial charge in [0.05, 0.1) is 6.04 Å². The first-order valence-corrected chi connectivity index (χ1v) is 13.1. The maximum absolute atomic E-state index is 14.7. The van der Waals surface area contributed by atoms with Crippen molar-refractivity contribution < 1.29 is 13.9 Å². The predicted octanol–water partition coefficient (Wildman–Crippen LogP) is 6.40. The van der Waals surface area contributed by atoms with E-state index in [2.05, 4.69) is 28.9 Å². The number of benzene rings is 2. The van der Waals surface area contributed by atoms with E-state index in [4.69, 9.17) is 4.74 Å². The molecule has 2 heterocycles. The van der Waals surface area contributed by atoms with Gasteiger partial charge in [0.1, 0.15) is 12.4 Å². The molecular weight excluding hydrogens is 451 g/mol. The maximum Gasteiger partial charge on any atom is 0.246 e. The fourth-order valence-electron chi connectivity index (χ4n) is 6.05. The smallest absolute Gasteiger partial charge is 0.246 e. The summed E-state index contributed by atoms with van der Waals surface area (Å²) in [5, 5.41) is 3.15. The first-order valence-electron chi connectivity index (χ1n) is 13.1. The Labute approximate surface area is 215 Å². The third-order valence-corrected chi connectivity index (χ3v) is 7.70. The van der Waals surface area contributed by atoms with Crippen LogP contribution < -0.4 is 5.32 Å². The molecule has 2 aromatic rings. The number of amides is 1. The van der Waals surface area contributed by atoms with Crippen LogP contribution in [-0.4, -0.2) is 43.2 Å². The normalized spacial score (nSPS) is 22.2. The zero-order chi connectivity index (χ0) is 25.7. The molecule has 2 aliphatic heterocycles. The Kier molecular flexibility index (Phi) is 8.76. The van der Waals surface area contributed by atoms with Crippen molar-refractivity contribution in [3.8, 4) is 0 Å². The van der Waals surface area contributed by atoms with Crippen LogP contribution in [0.15, 0.2) is 60.7 Å². The summed E-state index contributed by atoms with van der Waals surface area (Å²) < 4.78 is 19.7. The van der Waals surface area contributed by atoms with Crippen molar-refractivity contribution in [3.63, 3.8) is 0 Å². The Bertz CT molecular complexity index is 1080. The Morgan fingerprint density at radius 1 is 1.14 bits per heavy atom. The number of carbonyl (C=O) groups excluding carboxylic acids is 1. The van der Waals surface area contributed by atoms with Gasteiger partial charge in [0.15, 0.2) is 0 Å². The highest BCUT2D eigenvalue weighted by Gasteiger charge is 2.41. The van der Waals surface area contributed by atoms with Crippen molar-refractivity contribution in [3.05, 3.63) is 83.2 Å². The van der Waals surface area contributed by atoms with Gasteiger partial charge in [-0.05, 0) is 74.6 Å². The molecular formula is C31H39FN2O2. The molecule has 2 unspecified atom stereocenters. The summed E-state index contributed by atoms with van der Waals surface area (Å²) in [6, 6.07) is 16.5. The highest BCUT2D eigenvalue weighted by atomic mass is 19.1. The van der Waals surface area contributed by atoms with Gasteiger partial charge in [-0.25, -0.2) is 4.39 Å². The number of carbonyl (C=O) groups is 1. The number of nitrogens with one attached hydrogen (secondary N) is 1. The van der Waals surface area contributed by atoms with E-state index < -0.39 is 0 Å². The van der Waals surface area contributed by atoms with Crippen molar-refractivity contribution in [1.29, 1.82) is 0 Å². The van der Waals surface area contributed by atoms with E-state index in [9.17, 15) is 9.18 Å². The quantitative estimate of drug-likeness (QED) is 0.419. The summed E-state index contributed by atoms with van der Waals surface area (Å²) in [6.07, 6.45) is 7.25. The average molecular weight is 491 g/mol. The van der Waals surface area contributed by atoms with E-state index in [0.29, 0.717) is 23.6 Å². The number of rotatable bonds is 10. The highest BCUT2D eigenvalue weighted by Crippen LogP contribution is 2.44. The molecule has 0 aromatic heterocycles. The van der Waals surface area contributed by atoms with Crippen LogP contribution in [0.2, 0.25) is 0 Å². The van der Waals surface area contributed by atoms with Gasteiger partial charge in [0, 0.05) is 31.3 Å². The monoisotopic (exact) mass is 490 g/mol. The van der Waals surface area contributed by atoms with Gasteiger partial charge in [0.2, 0.25) is 5.91 Å². The molecule has 5 heteroatoms. The number of fused-ring (bicyclic) bond motifs is 2. The summed E-state index contributed by atoms with van der Waals surface area (Å²) in [5.41, 5.74) is 4.87. The van der Waals surface area contributed by atoms with Crippen LogP contribution in [0.1, 0.15) is 68.7 Å². The summed E-state index contributed by atoms with van der Waals surface area (Å²) >= 11 is 0. The SMILES string of the molecule is C=C(c1cccc(F)c1C=C(C)C)C1CC2CCC(C1)N2CC[C@H](NC(=O)COC)c1ccccc1. The van der Waals surface area contributed by atoms with Gasteiger partial charge < -0.3 is 10.1 Å². The second-order valence-electron chi connectivity index (χ2n) is 10.5. The Morgan fingerprint density at radius 2 is 1.83 bits per heavy atom. The number of piperidine rings is 1. The number of halogens is 1. The third kappa shape index (κ3) is 6.13. The van der Waals surface area contributed by atoms with E-state index in [1.807, 2.05) is 44.2 Å². The molecule has 2 aliphatic rings. The minimum Gasteiger partial charge on any atom is -0.375 e. The molecule has 4 nitrogen and oxygen atoms in total. The molecule has 0 saturated carbocycles. The Hall–Kier alpha value is -2.76. The van der Waals surface area contributed by atoms with Crippen molar-refractivity contribution in [1.82, 2.24) is 10.2 Å². The standard InChI is InChI=1S/C31H39FN2O2/c1-21(2)17-28-27(11-8-12-29(28)32)22(3)24-18-25-13-14-26(19-24)34(25)16-15-30(33-31(35)20-36-4)23-9-6-5-7-10-23/h5-12,17,24-26,30H,3,13-16,18-20H2,1-2,4H3,(H,33,35)/t24?,25?,26?,30-/m0/s1. The topological polar surface area (TPSA) is 41.6 Å². The van der Waals surface area contributed by atoms with Gasteiger partial charge in [-0.3, -0.25) is 9.69 Å². The lowest BCUT2D eigenvalue weighted by Crippen LogP contribution is -2.44. The van der Waals surface area contributed by atoms with Crippen LogP contribution in [0.25, 0.3) is 11.6 Å². The van der Waals surface area contributed by atoms with E-state index in [0.717, 1.165) is 48.1 Å². The highest BCUT2D eigenvalue weighted by molar-refractivity contribution is 5.77. The van der Waals surface area contributed by atoms with Crippen LogP contribution in [0.5, 0.6) is 0 Å². The first kappa shape index (κ1) is 26.3. The Morgan fingerprint density at radius 3 is 2.47 bits per heavy atom. The molecule has 1 amide bonds. The van der Waals surface area contributed by atoms with Crippen LogP contribution in [0.3, 0.4) is 0 Å². The zero-order valence-corrected chi connectivity index (χ0v) is 21.8.